The Hall–Kier alpha value is -1.93. The Bertz CT molecular complexity index is 684. The van der Waals surface area contributed by atoms with Crippen LogP contribution in [0.3, 0.4) is 0 Å². The number of benzene rings is 1. The van der Waals surface area contributed by atoms with Gasteiger partial charge in [-0.1, -0.05) is 19.8 Å². The summed E-state index contributed by atoms with van der Waals surface area (Å²) in [4.78, 5) is 25.1. The zero-order valence-corrected chi connectivity index (χ0v) is 15.8. The molecule has 0 heterocycles. The summed E-state index contributed by atoms with van der Waals surface area (Å²) in [6.45, 7) is 2.42. The minimum atomic E-state index is -3.73. The molecule has 0 aliphatic carbocycles. The van der Waals surface area contributed by atoms with Gasteiger partial charge in [-0.15, -0.1) is 0 Å². The van der Waals surface area contributed by atoms with Crippen LogP contribution in [0.4, 0.5) is 0 Å². The molecular formula is C17H27N3O4S. The molecule has 0 spiro atoms. The monoisotopic (exact) mass is 369 g/mol. The first kappa shape index (κ1) is 21.1. The third-order valence-corrected chi connectivity index (χ3v) is 5.43. The normalized spacial score (nSPS) is 12.5. The van der Waals surface area contributed by atoms with Gasteiger partial charge in [0, 0.05) is 32.2 Å². The van der Waals surface area contributed by atoms with Crippen molar-refractivity contribution >= 4 is 21.7 Å². The van der Waals surface area contributed by atoms with Crippen LogP contribution in [-0.4, -0.2) is 57.6 Å². The fourth-order valence-electron chi connectivity index (χ4n) is 2.16. The summed E-state index contributed by atoms with van der Waals surface area (Å²) in [6.07, 6.45) is 2.79. The summed E-state index contributed by atoms with van der Waals surface area (Å²) in [7, 11) is -0.734. The average Bonchev–Trinajstić information content (AvgIpc) is 2.58. The Kier molecular flexibility index (Phi) is 8.05. The quantitative estimate of drug-likeness (QED) is 0.669. The van der Waals surface area contributed by atoms with Gasteiger partial charge in [0.15, 0.2) is 9.84 Å². The molecule has 7 nitrogen and oxygen atoms in total. The van der Waals surface area contributed by atoms with Gasteiger partial charge in [0.2, 0.25) is 5.91 Å². The number of nitrogens with two attached hydrogens (primary N) is 1. The lowest BCUT2D eigenvalue weighted by Gasteiger charge is -2.16. The van der Waals surface area contributed by atoms with Crippen LogP contribution in [0, 0.1) is 0 Å². The summed E-state index contributed by atoms with van der Waals surface area (Å²) in [5.41, 5.74) is 6.02. The first-order valence-electron chi connectivity index (χ1n) is 8.25. The van der Waals surface area contributed by atoms with Crippen molar-refractivity contribution in [3.63, 3.8) is 0 Å². The number of nitrogens with zero attached hydrogens (tertiary/aromatic N) is 1. The fourth-order valence-corrected chi connectivity index (χ4v) is 3.46. The molecule has 1 aromatic rings. The molecule has 0 saturated carbocycles. The second kappa shape index (κ2) is 9.53. The van der Waals surface area contributed by atoms with Crippen LogP contribution in [0.1, 0.15) is 36.5 Å². The van der Waals surface area contributed by atoms with Gasteiger partial charge in [-0.3, -0.25) is 9.59 Å². The molecule has 1 atom stereocenters. The first-order chi connectivity index (χ1) is 11.7. The standard InChI is InChI=1S/C17H27N3O4S/c1-4-5-6-14(11-18)19-17(22)13-7-9-15(10-8-13)25(23,24)12-16(21)20(2)3/h7-10,14H,4-6,11-12,18H2,1-3H3,(H,19,22). The molecule has 8 heteroatoms. The molecule has 0 bridgehead atoms. The lowest BCUT2D eigenvalue weighted by Crippen LogP contribution is -2.40. The molecule has 0 aliphatic heterocycles. The first-order valence-corrected chi connectivity index (χ1v) is 9.90. The predicted molar refractivity (Wildman–Crippen MR) is 97.0 cm³/mol. The van der Waals surface area contributed by atoms with Crippen molar-refractivity contribution in [2.75, 3.05) is 26.4 Å². The predicted octanol–water partition coefficient (Wildman–Crippen LogP) is 0.796. The third-order valence-electron chi connectivity index (χ3n) is 3.81. The number of sulfone groups is 1. The number of rotatable bonds is 9. The zero-order valence-electron chi connectivity index (χ0n) is 15.0. The minimum absolute atomic E-state index is 0.0145. The molecular weight excluding hydrogens is 342 g/mol. The highest BCUT2D eigenvalue weighted by Gasteiger charge is 2.21. The molecule has 0 fully saturated rings. The Morgan fingerprint density at radius 3 is 2.28 bits per heavy atom. The maximum absolute atomic E-state index is 12.2. The van der Waals surface area contributed by atoms with Gasteiger partial charge < -0.3 is 16.0 Å². The molecule has 1 rings (SSSR count). The molecule has 0 saturated heterocycles. The van der Waals surface area contributed by atoms with E-state index < -0.39 is 21.5 Å². The number of nitrogens with one attached hydrogen (secondary N) is 1. The van der Waals surface area contributed by atoms with Crippen molar-refractivity contribution in [3.8, 4) is 0 Å². The van der Waals surface area contributed by atoms with Crippen LogP contribution in [0.15, 0.2) is 29.2 Å². The average molecular weight is 369 g/mol. The molecule has 1 unspecified atom stereocenters. The van der Waals surface area contributed by atoms with Crippen molar-refractivity contribution < 1.29 is 18.0 Å². The second-order valence-electron chi connectivity index (χ2n) is 6.12. The van der Waals surface area contributed by atoms with Gasteiger partial charge in [0.25, 0.3) is 5.91 Å². The van der Waals surface area contributed by atoms with Crippen LogP contribution in [0.25, 0.3) is 0 Å². The minimum Gasteiger partial charge on any atom is -0.348 e. The van der Waals surface area contributed by atoms with Crippen LogP contribution in [-0.2, 0) is 14.6 Å². The third kappa shape index (κ3) is 6.47. The van der Waals surface area contributed by atoms with E-state index in [1.807, 2.05) is 0 Å². The molecule has 2 amide bonds. The van der Waals surface area contributed by atoms with Gasteiger partial charge in [-0.2, -0.15) is 0 Å². The van der Waals surface area contributed by atoms with Gasteiger partial charge in [-0.05, 0) is 30.7 Å². The highest BCUT2D eigenvalue weighted by atomic mass is 32.2. The molecule has 3 N–H and O–H groups in total. The summed E-state index contributed by atoms with van der Waals surface area (Å²) in [6, 6.07) is 5.47. The van der Waals surface area contributed by atoms with Gasteiger partial charge in [-0.25, -0.2) is 8.42 Å². The lowest BCUT2D eigenvalue weighted by atomic mass is 10.1. The smallest absolute Gasteiger partial charge is 0.251 e. The van der Waals surface area contributed by atoms with E-state index in [4.69, 9.17) is 5.73 Å². The molecule has 0 radical (unpaired) electrons. The van der Waals surface area contributed by atoms with E-state index in [1.165, 1.54) is 43.3 Å². The topological polar surface area (TPSA) is 110 Å². The maximum atomic E-state index is 12.2. The summed E-state index contributed by atoms with van der Waals surface area (Å²) >= 11 is 0. The van der Waals surface area contributed by atoms with E-state index in [9.17, 15) is 18.0 Å². The highest BCUT2D eigenvalue weighted by Crippen LogP contribution is 2.13. The Morgan fingerprint density at radius 2 is 1.80 bits per heavy atom. The Labute approximate surface area is 149 Å². The van der Waals surface area contributed by atoms with E-state index >= 15 is 0 Å². The zero-order chi connectivity index (χ0) is 19.0. The van der Waals surface area contributed by atoms with E-state index in [0.29, 0.717) is 12.1 Å². The number of carbonyl (C=O) groups excluding carboxylic acids is 2. The van der Waals surface area contributed by atoms with E-state index in [2.05, 4.69) is 12.2 Å². The van der Waals surface area contributed by atoms with Crippen molar-refractivity contribution in [1.82, 2.24) is 10.2 Å². The van der Waals surface area contributed by atoms with Crippen molar-refractivity contribution in [3.05, 3.63) is 29.8 Å². The number of amides is 2. The van der Waals surface area contributed by atoms with E-state index in [0.717, 1.165) is 19.3 Å². The van der Waals surface area contributed by atoms with Crippen molar-refractivity contribution in [2.24, 2.45) is 5.73 Å². The largest absolute Gasteiger partial charge is 0.348 e. The van der Waals surface area contributed by atoms with Crippen LogP contribution in [0.5, 0.6) is 0 Å². The van der Waals surface area contributed by atoms with Gasteiger partial charge in [0.1, 0.15) is 5.75 Å². The van der Waals surface area contributed by atoms with Crippen LogP contribution in [0.2, 0.25) is 0 Å². The number of unbranched alkanes of at least 4 members (excludes halogenated alkanes) is 1. The molecule has 0 aliphatic rings. The number of carbonyl (C=O) groups is 2. The fraction of sp³-hybridized carbons (Fsp3) is 0.529. The molecule has 1 aromatic carbocycles. The second-order valence-corrected chi connectivity index (χ2v) is 8.11. The van der Waals surface area contributed by atoms with Crippen molar-refractivity contribution in [1.29, 1.82) is 0 Å². The van der Waals surface area contributed by atoms with Crippen molar-refractivity contribution in [2.45, 2.75) is 37.1 Å². The summed E-state index contributed by atoms with van der Waals surface area (Å²) in [5, 5.41) is 2.85. The number of hydrogen-bond donors (Lipinski definition) is 2. The Balaban J connectivity index is 2.81. The van der Waals surface area contributed by atoms with Gasteiger partial charge in [0.05, 0.1) is 4.90 Å². The van der Waals surface area contributed by atoms with E-state index in [1.54, 1.807) is 0 Å². The van der Waals surface area contributed by atoms with Crippen LogP contribution < -0.4 is 11.1 Å². The molecule has 0 aromatic heterocycles. The van der Waals surface area contributed by atoms with Crippen LogP contribution >= 0.6 is 0 Å². The SMILES string of the molecule is CCCCC(CN)NC(=O)c1ccc(S(=O)(=O)CC(=O)N(C)C)cc1. The summed E-state index contributed by atoms with van der Waals surface area (Å²) < 4.78 is 24.4. The Morgan fingerprint density at radius 1 is 1.20 bits per heavy atom. The highest BCUT2D eigenvalue weighted by molar-refractivity contribution is 7.92. The van der Waals surface area contributed by atoms with Gasteiger partial charge >= 0.3 is 0 Å². The lowest BCUT2D eigenvalue weighted by molar-refractivity contribution is -0.125. The number of hydrogen-bond acceptors (Lipinski definition) is 5. The maximum Gasteiger partial charge on any atom is 0.251 e. The summed E-state index contributed by atoms with van der Waals surface area (Å²) in [5.74, 6) is -1.39. The molecule has 25 heavy (non-hydrogen) atoms. The van der Waals surface area contributed by atoms with E-state index in [-0.39, 0.29) is 16.8 Å². The molecule has 140 valence electrons.